The maximum absolute atomic E-state index is 11.4. The number of aromatic hydroxyl groups is 1. The van der Waals surface area contributed by atoms with Crippen molar-refractivity contribution in [3.63, 3.8) is 0 Å². The monoisotopic (exact) mass is 301 g/mol. The van der Waals surface area contributed by atoms with Crippen LogP contribution in [-0.4, -0.2) is 40.8 Å². The summed E-state index contributed by atoms with van der Waals surface area (Å²) in [6.45, 7) is 0.496. The predicted molar refractivity (Wildman–Crippen MR) is 63.8 cm³/mol. The van der Waals surface area contributed by atoms with Crippen molar-refractivity contribution in [2.24, 2.45) is 0 Å². The van der Waals surface area contributed by atoms with Crippen LogP contribution >= 0.6 is 15.9 Å². The molecule has 2 N–H and O–H groups in total. The molecular weight excluding hydrogens is 290 g/mol. The average Bonchev–Trinajstić information content (AvgIpc) is 2.50. The number of carbonyl (C=O) groups is 1. The Bertz CT molecular complexity index is 449. The number of phenols is 1. The molecule has 1 heterocycles. The number of benzene rings is 1. The highest BCUT2D eigenvalue weighted by atomic mass is 79.9. The van der Waals surface area contributed by atoms with E-state index in [2.05, 4.69) is 15.9 Å². The highest BCUT2D eigenvalue weighted by molar-refractivity contribution is 9.10. The van der Waals surface area contributed by atoms with Gasteiger partial charge in [0.15, 0.2) is 11.5 Å². The molecule has 0 aliphatic carbocycles. The summed E-state index contributed by atoms with van der Waals surface area (Å²) in [5.74, 6) is 0.107. The van der Waals surface area contributed by atoms with E-state index in [4.69, 9.17) is 9.84 Å². The number of hydrogen-bond donors (Lipinski definition) is 2. The van der Waals surface area contributed by atoms with Crippen LogP contribution in [0.5, 0.6) is 11.5 Å². The van der Waals surface area contributed by atoms with E-state index in [1.807, 2.05) is 0 Å². The predicted octanol–water partition coefficient (Wildman–Crippen LogP) is 0.868. The molecule has 0 fully saturated rings. The van der Waals surface area contributed by atoms with Crippen LogP contribution in [0.1, 0.15) is 5.56 Å². The smallest absolute Gasteiger partial charge is 0.248 e. The molecule has 0 unspecified atom stereocenters. The number of phenolic OH excluding ortho intramolecular Hbond substituents is 1. The number of carbonyl (C=O) groups excluding carboxylic acids is 1. The lowest BCUT2D eigenvalue weighted by Gasteiger charge is -2.18. The lowest BCUT2D eigenvalue weighted by atomic mass is 10.1. The molecule has 2 rings (SSSR count). The van der Waals surface area contributed by atoms with E-state index in [9.17, 15) is 9.90 Å². The molecule has 1 aliphatic heterocycles. The second-order valence-corrected chi connectivity index (χ2v) is 4.65. The molecule has 5 nitrogen and oxygen atoms in total. The first kappa shape index (κ1) is 12.2. The SMILES string of the molecule is O=C(CO)N1CCOc2c(O)cc(Br)cc2C1. The van der Waals surface area contributed by atoms with Gasteiger partial charge in [0.2, 0.25) is 5.91 Å². The first-order valence-corrected chi connectivity index (χ1v) is 5.94. The molecule has 0 radical (unpaired) electrons. The number of ether oxygens (including phenoxy) is 1. The molecule has 1 aromatic carbocycles. The fourth-order valence-corrected chi connectivity index (χ4v) is 2.27. The molecule has 1 aliphatic rings. The van der Waals surface area contributed by atoms with Crippen LogP contribution in [0.2, 0.25) is 0 Å². The van der Waals surface area contributed by atoms with Crippen molar-refractivity contribution in [3.05, 3.63) is 22.2 Å². The van der Waals surface area contributed by atoms with Crippen molar-refractivity contribution in [1.29, 1.82) is 0 Å². The maximum Gasteiger partial charge on any atom is 0.248 e. The Morgan fingerprint density at radius 3 is 3.00 bits per heavy atom. The summed E-state index contributed by atoms with van der Waals surface area (Å²) in [7, 11) is 0. The van der Waals surface area contributed by atoms with Gasteiger partial charge in [-0.3, -0.25) is 4.79 Å². The third kappa shape index (κ3) is 2.53. The van der Waals surface area contributed by atoms with Crippen LogP contribution in [0.25, 0.3) is 0 Å². The summed E-state index contributed by atoms with van der Waals surface area (Å²) >= 11 is 3.27. The summed E-state index contributed by atoms with van der Waals surface area (Å²) < 4.78 is 6.13. The van der Waals surface area contributed by atoms with Gasteiger partial charge in [0.05, 0.1) is 6.54 Å². The van der Waals surface area contributed by atoms with E-state index in [1.165, 1.54) is 4.90 Å². The van der Waals surface area contributed by atoms with Crippen LogP contribution in [0.4, 0.5) is 0 Å². The molecule has 0 spiro atoms. The minimum Gasteiger partial charge on any atom is -0.504 e. The molecule has 1 aromatic rings. The first-order chi connectivity index (χ1) is 8.11. The summed E-state index contributed by atoms with van der Waals surface area (Å²) in [5.41, 5.74) is 0.719. The van der Waals surface area contributed by atoms with E-state index in [1.54, 1.807) is 12.1 Å². The van der Waals surface area contributed by atoms with Gasteiger partial charge in [0.25, 0.3) is 0 Å². The van der Waals surface area contributed by atoms with E-state index in [0.717, 1.165) is 10.0 Å². The fourth-order valence-electron chi connectivity index (χ4n) is 1.77. The zero-order valence-electron chi connectivity index (χ0n) is 9.02. The topological polar surface area (TPSA) is 70.0 Å². The Morgan fingerprint density at radius 2 is 2.29 bits per heavy atom. The molecule has 17 heavy (non-hydrogen) atoms. The van der Waals surface area contributed by atoms with Gasteiger partial charge in [0.1, 0.15) is 13.2 Å². The van der Waals surface area contributed by atoms with Gasteiger partial charge in [-0.1, -0.05) is 15.9 Å². The number of rotatable bonds is 1. The standard InChI is InChI=1S/C11H12BrNO4/c12-8-3-7-5-13(10(16)6-14)1-2-17-11(7)9(15)4-8/h3-4,14-15H,1-2,5-6H2. The number of hydrogen-bond acceptors (Lipinski definition) is 4. The molecule has 0 bridgehead atoms. The van der Waals surface area contributed by atoms with Crippen LogP contribution in [0.15, 0.2) is 16.6 Å². The lowest BCUT2D eigenvalue weighted by Crippen LogP contribution is -2.34. The minimum atomic E-state index is -0.519. The molecule has 0 atom stereocenters. The largest absolute Gasteiger partial charge is 0.504 e. The van der Waals surface area contributed by atoms with Crippen molar-refractivity contribution < 1.29 is 19.7 Å². The van der Waals surface area contributed by atoms with Gasteiger partial charge in [-0.05, 0) is 12.1 Å². The Hall–Kier alpha value is -1.27. The molecule has 0 saturated heterocycles. The number of fused-ring (bicyclic) bond motifs is 1. The van der Waals surface area contributed by atoms with Crippen LogP contribution in [0.3, 0.4) is 0 Å². The van der Waals surface area contributed by atoms with Crippen molar-refractivity contribution >= 4 is 21.8 Å². The number of nitrogens with zero attached hydrogens (tertiary/aromatic N) is 1. The number of amides is 1. The second kappa shape index (κ2) is 4.93. The average molecular weight is 302 g/mol. The molecule has 6 heteroatoms. The summed E-state index contributed by atoms with van der Waals surface area (Å²) in [6.07, 6.45) is 0. The van der Waals surface area contributed by atoms with Gasteiger partial charge >= 0.3 is 0 Å². The second-order valence-electron chi connectivity index (χ2n) is 3.74. The Morgan fingerprint density at radius 1 is 1.53 bits per heavy atom. The normalized spacial score (nSPS) is 14.8. The molecular formula is C11H12BrNO4. The highest BCUT2D eigenvalue weighted by Gasteiger charge is 2.21. The Balaban J connectivity index is 2.34. The molecule has 92 valence electrons. The van der Waals surface area contributed by atoms with E-state index in [0.29, 0.717) is 25.4 Å². The van der Waals surface area contributed by atoms with Crippen LogP contribution in [0, 0.1) is 0 Å². The fraction of sp³-hybridized carbons (Fsp3) is 0.364. The van der Waals surface area contributed by atoms with Gasteiger partial charge < -0.3 is 19.8 Å². The summed E-state index contributed by atoms with van der Waals surface area (Å²) in [6, 6.07) is 3.33. The van der Waals surface area contributed by atoms with Crippen molar-refractivity contribution in [2.45, 2.75) is 6.54 Å². The third-order valence-corrected chi connectivity index (χ3v) is 3.03. The number of aliphatic hydroxyl groups excluding tert-OH is 1. The van der Waals surface area contributed by atoms with E-state index >= 15 is 0 Å². The molecule has 0 aromatic heterocycles. The zero-order chi connectivity index (χ0) is 12.4. The maximum atomic E-state index is 11.4. The number of halogens is 1. The zero-order valence-corrected chi connectivity index (χ0v) is 10.6. The van der Waals surface area contributed by atoms with Crippen molar-refractivity contribution in [2.75, 3.05) is 19.8 Å². The Kier molecular flexibility index (Phi) is 3.54. The number of aliphatic hydroxyl groups is 1. The minimum absolute atomic E-state index is 0.0488. The molecule has 0 saturated carbocycles. The van der Waals surface area contributed by atoms with Gasteiger partial charge in [-0.15, -0.1) is 0 Å². The van der Waals surface area contributed by atoms with Crippen LogP contribution in [-0.2, 0) is 11.3 Å². The Labute approximate surface area is 107 Å². The third-order valence-electron chi connectivity index (χ3n) is 2.57. The summed E-state index contributed by atoms with van der Waals surface area (Å²) in [4.78, 5) is 12.9. The van der Waals surface area contributed by atoms with E-state index in [-0.39, 0.29) is 11.7 Å². The molecule has 1 amide bonds. The van der Waals surface area contributed by atoms with Crippen molar-refractivity contribution in [1.82, 2.24) is 4.90 Å². The van der Waals surface area contributed by atoms with Crippen LogP contribution < -0.4 is 4.74 Å². The lowest BCUT2D eigenvalue weighted by molar-refractivity contribution is -0.134. The van der Waals surface area contributed by atoms with E-state index < -0.39 is 6.61 Å². The van der Waals surface area contributed by atoms with Gasteiger partial charge in [-0.2, -0.15) is 0 Å². The summed E-state index contributed by atoms with van der Waals surface area (Å²) in [5, 5.41) is 18.6. The quantitative estimate of drug-likeness (QED) is 0.807. The van der Waals surface area contributed by atoms with Gasteiger partial charge in [-0.25, -0.2) is 0 Å². The van der Waals surface area contributed by atoms with Crippen molar-refractivity contribution in [3.8, 4) is 11.5 Å². The highest BCUT2D eigenvalue weighted by Crippen LogP contribution is 2.35. The van der Waals surface area contributed by atoms with Gasteiger partial charge in [0, 0.05) is 16.6 Å². The first-order valence-electron chi connectivity index (χ1n) is 5.14.